The van der Waals surface area contributed by atoms with Crippen molar-refractivity contribution in [1.82, 2.24) is 29.7 Å². The Morgan fingerprint density at radius 2 is 1.86 bits per heavy atom. The molecule has 37 heavy (non-hydrogen) atoms. The maximum absolute atomic E-state index is 9.93. The lowest BCUT2D eigenvalue weighted by Crippen LogP contribution is -2.34. The van der Waals surface area contributed by atoms with E-state index in [1.165, 1.54) is 0 Å². The van der Waals surface area contributed by atoms with Crippen molar-refractivity contribution in [2.75, 3.05) is 13.2 Å². The highest BCUT2D eigenvalue weighted by atomic mass is 35.5. The first-order chi connectivity index (χ1) is 18.1. The smallest absolute Gasteiger partial charge is 0.296 e. The predicted molar refractivity (Wildman–Crippen MR) is 135 cm³/mol. The van der Waals surface area contributed by atoms with E-state index in [9.17, 15) is 5.11 Å². The molecular formula is C26H21ClN6O4. The van der Waals surface area contributed by atoms with Crippen LogP contribution in [0.25, 0.3) is 39.4 Å². The number of aliphatic hydroxyl groups excluding tert-OH is 1. The average Bonchev–Trinajstić information content (AvgIpc) is 3.71. The van der Waals surface area contributed by atoms with Crippen LogP contribution in [0.2, 0.25) is 5.02 Å². The Morgan fingerprint density at radius 1 is 1.03 bits per heavy atom. The first-order valence-electron chi connectivity index (χ1n) is 11.8. The molecule has 1 aromatic carbocycles. The van der Waals surface area contributed by atoms with Crippen LogP contribution in [0.4, 0.5) is 0 Å². The Balaban J connectivity index is 1.11. The summed E-state index contributed by atoms with van der Waals surface area (Å²) in [6.45, 7) is 0.553. The second-order valence-electron chi connectivity index (χ2n) is 8.98. The molecule has 1 unspecified atom stereocenters. The lowest BCUT2D eigenvalue weighted by Gasteiger charge is -2.15. The zero-order valence-corrected chi connectivity index (χ0v) is 20.1. The number of fused-ring (bicyclic) bond motifs is 2. The third-order valence-corrected chi connectivity index (χ3v) is 6.91. The summed E-state index contributed by atoms with van der Waals surface area (Å²) in [5.74, 6) is 0. The molecule has 0 spiro atoms. The first-order valence-corrected chi connectivity index (χ1v) is 12.2. The van der Waals surface area contributed by atoms with Crippen LogP contribution >= 0.6 is 11.6 Å². The van der Waals surface area contributed by atoms with Gasteiger partial charge in [0.05, 0.1) is 47.0 Å². The number of pyridine rings is 2. The minimum absolute atomic E-state index is 0.237. The second-order valence-corrected chi connectivity index (χ2v) is 9.39. The lowest BCUT2D eigenvalue weighted by molar-refractivity contribution is 0.00706. The molecule has 2 fully saturated rings. The molecule has 10 nitrogen and oxygen atoms in total. The largest absolute Gasteiger partial charge is 0.456 e. The predicted octanol–water partition coefficient (Wildman–Crippen LogP) is 3.43. The Bertz CT molecular complexity index is 1560. The molecule has 0 saturated carbocycles. The van der Waals surface area contributed by atoms with E-state index in [0.717, 1.165) is 22.5 Å². The van der Waals surface area contributed by atoms with E-state index in [1.807, 2.05) is 48.7 Å². The summed E-state index contributed by atoms with van der Waals surface area (Å²) in [6.07, 6.45) is 3.69. The number of hydrogen-bond acceptors (Lipinski definition) is 8. The fourth-order valence-corrected chi connectivity index (χ4v) is 5.02. The highest BCUT2D eigenvalue weighted by Crippen LogP contribution is 2.33. The quantitative estimate of drug-likeness (QED) is 0.364. The third kappa shape index (κ3) is 4.04. The number of halogens is 1. The summed E-state index contributed by atoms with van der Waals surface area (Å²) in [7, 11) is 0. The van der Waals surface area contributed by atoms with Gasteiger partial charge in [-0.25, -0.2) is 9.67 Å². The number of hydrogen-bond donors (Lipinski definition) is 2. The summed E-state index contributed by atoms with van der Waals surface area (Å²) in [6, 6.07) is 15.8. The fraction of sp³-hybridized carbons (Fsp3) is 0.231. The molecule has 2 aliphatic rings. The van der Waals surface area contributed by atoms with Crippen LogP contribution in [0.5, 0.6) is 6.01 Å². The Kier molecular flexibility index (Phi) is 5.40. The Labute approximate surface area is 215 Å². The van der Waals surface area contributed by atoms with Gasteiger partial charge in [-0.05, 0) is 24.3 Å². The van der Waals surface area contributed by atoms with E-state index in [0.29, 0.717) is 34.5 Å². The van der Waals surface area contributed by atoms with Crippen LogP contribution in [-0.4, -0.2) is 72.5 Å². The van der Waals surface area contributed by atoms with E-state index in [-0.39, 0.29) is 24.9 Å². The van der Waals surface area contributed by atoms with Crippen LogP contribution in [0.15, 0.2) is 67.1 Å². The van der Waals surface area contributed by atoms with Gasteiger partial charge in [-0.1, -0.05) is 35.9 Å². The SMILES string of the molecule is O[C@@H]1CO[C@H]2C1OC[C@H]2Oc1nc2nc(-c3ccc(-c4ccc(-n5cccn5)cn4)cc3)c(Cl)cc2[nH]1. The molecule has 0 aliphatic carbocycles. The van der Waals surface area contributed by atoms with Crippen molar-refractivity contribution in [3.63, 3.8) is 0 Å². The molecule has 4 aromatic heterocycles. The zero-order chi connectivity index (χ0) is 24.9. The molecule has 186 valence electrons. The van der Waals surface area contributed by atoms with Gasteiger partial charge in [0.25, 0.3) is 6.01 Å². The van der Waals surface area contributed by atoms with Crippen molar-refractivity contribution in [1.29, 1.82) is 0 Å². The van der Waals surface area contributed by atoms with Gasteiger partial charge in [0.2, 0.25) is 0 Å². The van der Waals surface area contributed by atoms with Crippen LogP contribution in [0, 0.1) is 0 Å². The van der Waals surface area contributed by atoms with Crippen molar-refractivity contribution in [2.24, 2.45) is 0 Å². The number of aromatic nitrogens is 6. The zero-order valence-electron chi connectivity index (χ0n) is 19.4. The van der Waals surface area contributed by atoms with Crippen molar-refractivity contribution in [2.45, 2.75) is 24.4 Å². The summed E-state index contributed by atoms with van der Waals surface area (Å²) in [4.78, 5) is 16.9. The number of aromatic amines is 1. The number of imidazole rings is 1. The number of nitrogens with one attached hydrogen (secondary N) is 1. The van der Waals surface area contributed by atoms with Crippen LogP contribution in [0.1, 0.15) is 0 Å². The molecule has 2 saturated heterocycles. The molecule has 2 N–H and O–H groups in total. The average molecular weight is 517 g/mol. The van der Waals surface area contributed by atoms with E-state index < -0.39 is 6.10 Å². The number of H-pyrrole nitrogens is 1. The standard InChI is InChI=1S/C26H21ClN6O4/c27-17-10-19-25(32-26(30-19)37-21-13-36-23-20(34)12-35-24(21)23)31-22(17)15-4-2-14(3-5-15)18-7-6-16(11-28-18)33-9-1-8-29-33/h1-11,20-21,23-24,34H,12-13H2,(H,30,31,32)/t20-,21-,23?,24-/m1/s1. The highest BCUT2D eigenvalue weighted by Gasteiger charge is 2.48. The van der Waals surface area contributed by atoms with Crippen molar-refractivity contribution >= 4 is 22.8 Å². The van der Waals surface area contributed by atoms with Gasteiger partial charge in [-0.3, -0.25) is 4.98 Å². The van der Waals surface area contributed by atoms with Crippen molar-refractivity contribution in [3.8, 4) is 34.2 Å². The molecular weight excluding hydrogens is 496 g/mol. The minimum Gasteiger partial charge on any atom is -0.456 e. The summed E-state index contributed by atoms with van der Waals surface area (Å²) < 4.78 is 19.0. The topological polar surface area (TPSA) is 120 Å². The number of ether oxygens (including phenoxy) is 3. The van der Waals surface area contributed by atoms with Gasteiger partial charge < -0.3 is 24.3 Å². The first kappa shape index (κ1) is 22.4. The number of rotatable bonds is 5. The number of benzene rings is 1. The van der Waals surface area contributed by atoms with Gasteiger partial charge >= 0.3 is 0 Å². The molecule has 11 heteroatoms. The van der Waals surface area contributed by atoms with Gasteiger partial charge in [0.15, 0.2) is 11.8 Å². The maximum Gasteiger partial charge on any atom is 0.296 e. The number of aliphatic hydroxyl groups is 1. The van der Waals surface area contributed by atoms with Crippen LogP contribution < -0.4 is 4.74 Å². The molecule has 5 aromatic rings. The van der Waals surface area contributed by atoms with Crippen LogP contribution in [-0.2, 0) is 9.47 Å². The van der Waals surface area contributed by atoms with E-state index >= 15 is 0 Å². The summed E-state index contributed by atoms with van der Waals surface area (Å²) in [5, 5.41) is 14.7. The van der Waals surface area contributed by atoms with Gasteiger partial charge in [0.1, 0.15) is 18.3 Å². The molecule has 2 aliphatic heterocycles. The third-order valence-electron chi connectivity index (χ3n) is 6.62. The van der Waals surface area contributed by atoms with Crippen LogP contribution in [0.3, 0.4) is 0 Å². The van der Waals surface area contributed by atoms with E-state index in [2.05, 4.69) is 25.0 Å². The van der Waals surface area contributed by atoms with Gasteiger partial charge in [0, 0.05) is 23.5 Å². The van der Waals surface area contributed by atoms with Crippen molar-refractivity contribution < 1.29 is 19.3 Å². The second kappa shape index (κ2) is 8.93. The van der Waals surface area contributed by atoms with Crippen molar-refractivity contribution in [3.05, 3.63) is 72.1 Å². The van der Waals surface area contributed by atoms with Gasteiger partial charge in [-0.2, -0.15) is 10.1 Å². The maximum atomic E-state index is 9.93. The molecule has 0 radical (unpaired) electrons. The van der Waals surface area contributed by atoms with E-state index in [1.54, 1.807) is 23.1 Å². The molecule has 0 amide bonds. The lowest BCUT2D eigenvalue weighted by atomic mass is 10.1. The Morgan fingerprint density at radius 3 is 2.65 bits per heavy atom. The highest BCUT2D eigenvalue weighted by molar-refractivity contribution is 6.33. The van der Waals surface area contributed by atoms with E-state index in [4.69, 9.17) is 25.8 Å². The fourth-order valence-electron chi connectivity index (χ4n) is 4.76. The molecule has 0 bridgehead atoms. The summed E-state index contributed by atoms with van der Waals surface area (Å²) >= 11 is 6.59. The summed E-state index contributed by atoms with van der Waals surface area (Å²) in [5.41, 5.74) is 5.33. The minimum atomic E-state index is -0.638. The molecule has 4 atom stereocenters. The monoisotopic (exact) mass is 516 g/mol. The molecule has 7 rings (SSSR count). The Hall–Kier alpha value is -3.83. The van der Waals surface area contributed by atoms with Gasteiger partial charge in [-0.15, -0.1) is 0 Å². The number of nitrogens with zero attached hydrogens (tertiary/aromatic N) is 5. The molecule has 6 heterocycles. The normalized spacial score (nSPS) is 23.0.